The van der Waals surface area contributed by atoms with Crippen molar-refractivity contribution >= 4 is 40.9 Å². The molecule has 0 radical (unpaired) electrons. The lowest BCUT2D eigenvalue weighted by Gasteiger charge is -2.29. The van der Waals surface area contributed by atoms with Gasteiger partial charge in [-0.05, 0) is 35.7 Å². The van der Waals surface area contributed by atoms with Crippen LogP contribution in [0.3, 0.4) is 0 Å². The molecule has 2 aromatic rings. The van der Waals surface area contributed by atoms with E-state index in [-0.39, 0.29) is 30.6 Å². The van der Waals surface area contributed by atoms with Crippen molar-refractivity contribution in [3.05, 3.63) is 54.1 Å². The molecule has 3 amide bonds. The number of carbonyl (C=O) groups is 3. The summed E-state index contributed by atoms with van der Waals surface area (Å²) in [5, 5.41) is 5.74. The Bertz CT molecular complexity index is 945. The molecule has 0 aliphatic carbocycles. The molecule has 0 saturated carbocycles. The van der Waals surface area contributed by atoms with Crippen LogP contribution in [-0.2, 0) is 20.9 Å². The highest BCUT2D eigenvalue weighted by molar-refractivity contribution is 7.99. The number of nitrogens with zero attached hydrogens (tertiary/aromatic N) is 1. The summed E-state index contributed by atoms with van der Waals surface area (Å²) in [5.74, 6) is 0.939. The van der Waals surface area contributed by atoms with Crippen LogP contribution >= 0.6 is 11.8 Å². The molecule has 0 unspecified atom stereocenters. The zero-order valence-electron chi connectivity index (χ0n) is 18.0. The molecule has 0 saturated heterocycles. The molecule has 0 fully saturated rings. The van der Waals surface area contributed by atoms with Crippen LogP contribution in [0, 0.1) is 5.92 Å². The average Bonchev–Trinajstić information content (AvgIpc) is 2.75. The number of hydrogen-bond acceptors (Lipinski definition) is 4. The predicted molar refractivity (Wildman–Crippen MR) is 125 cm³/mol. The van der Waals surface area contributed by atoms with E-state index in [0.717, 1.165) is 21.9 Å². The van der Waals surface area contributed by atoms with E-state index < -0.39 is 0 Å². The molecule has 2 N–H and O–H groups in total. The number of anilines is 2. The predicted octanol–water partition coefficient (Wildman–Crippen LogP) is 4.21. The Kier molecular flexibility index (Phi) is 8.12. The summed E-state index contributed by atoms with van der Waals surface area (Å²) in [6.45, 7) is 5.01. The molecular weight excluding hydrogens is 410 g/mol. The molecule has 6 nitrogen and oxygen atoms in total. The van der Waals surface area contributed by atoms with Gasteiger partial charge in [0.2, 0.25) is 17.7 Å². The topological polar surface area (TPSA) is 78.5 Å². The van der Waals surface area contributed by atoms with E-state index in [9.17, 15) is 14.4 Å². The van der Waals surface area contributed by atoms with Crippen molar-refractivity contribution in [1.29, 1.82) is 0 Å². The minimum absolute atomic E-state index is 0.0209. The molecule has 1 heterocycles. The number of carbonyl (C=O) groups excluding carboxylic acids is 3. The summed E-state index contributed by atoms with van der Waals surface area (Å²) >= 11 is 1.75. The molecule has 0 bridgehead atoms. The molecule has 2 aromatic carbocycles. The lowest BCUT2D eigenvalue weighted by Crippen LogP contribution is -2.36. The van der Waals surface area contributed by atoms with Crippen molar-refractivity contribution in [3.63, 3.8) is 0 Å². The van der Waals surface area contributed by atoms with Crippen LogP contribution < -0.4 is 15.5 Å². The quantitative estimate of drug-likeness (QED) is 0.646. The van der Waals surface area contributed by atoms with E-state index in [2.05, 4.69) is 10.6 Å². The average molecular weight is 440 g/mol. The van der Waals surface area contributed by atoms with E-state index in [1.807, 2.05) is 62.4 Å². The summed E-state index contributed by atoms with van der Waals surface area (Å²) < 4.78 is 0. The van der Waals surface area contributed by atoms with Gasteiger partial charge in [-0.15, -0.1) is 11.8 Å². The second-order valence-electron chi connectivity index (χ2n) is 7.98. The number of thioether (sulfide) groups is 1. The molecule has 1 aliphatic heterocycles. The lowest BCUT2D eigenvalue weighted by molar-refractivity contribution is -0.125. The number of para-hydroxylation sites is 1. The highest BCUT2D eigenvalue weighted by Crippen LogP contribution is 2.34. The first-order valence-electron chi connectivity index (χ1n) is 10.6. The van der Waals surface area contributed by atoms with Gasteiger partial charge in [0.25, 0.3) is 0 Å². The highest BCUT2D eigenvalue weighted by Gasteiger charge is 2.22. The maximum absolute atomic E-state index is 12.7. The first kappa shape index (κ1) is 22.9. The van der Waals surface area contributed by atoms with Crippen molar-refractivity contribution in [1.82, 2.24) is 5.32 Å². The van der Waals surface area contributed by atoms with Crippen LogP contribution in [0.2, 0.25) is 0 Å². The van der Waals surface area contributed by atoms with Crippen LogP contribution in [0.5, 0.6) is 0 Å². The molecule has 7 heteroatoms. The van der Waals surface area contributed by atoms with Gasteiger partial charge in [0.1, 0.15) is 0 Å². The smallest absolute Gasteiger partial charge is 0.227 e. The summed E-state index contributed by atoms with van der Waals surface area (Å²) in [4.78, 5) is 39.8. The number of rotatable bonds is 8. The largest absolute Gasteiger partial charge is 0.352 e. The molecule has 31 heavy (non-hydrogen) atoms. The fourth-order valence-electron chi connectivity index (χ4n) is 3.41. The standard InChI is InChI=1S/C24H29N3O3S/c1-17(2)14-23(29)26-19-7-5-6-18(15-19)16-25-22(28)10-11-24(30)27-12-13-31-21-9-4-3-8-20(21)27/h3-9,15,17H,10-14,16H2,1-2H3,(H,25,28)(H,26,29). The third-order valence-corrected chi connectivity index (χ3v) is 5.93. The Labute approximate surface area is 187 Å². The zero-order chi connectivity index (χ0) is 22.2. The minimum atomic E-state index is -0.165. The van der Waals surface area contributed by atoms with Crippen LogP contribution in [-0.4, -0.2) is 30.0 Å². The number of amides is 3. The number of fused-ring (bicyclic) bond motifs is 1. The monoisotopic (exact) mass is 439 g/mol. The van der Waals surface area contributed by atoms with Gasteiger partial charge in [-0.1, -0.05) is 38.1 Å². The number of nitrogens with one attached hydrogen (secondary N) is 2. The first-order valence-corrected chi connectivity index (χ1v) is 11.6. The molecule has 0 aromatic heterocycles. The van der Waals surface area contributed by atoms with E-state index in [4.69, 9.17) is 0 Å². The van der Waals surface area contributed by atoms with Crippen LogP contribution in [0.25, 0.3) is 0 Å². The van der Waals surface area contributed by atoms with Crippen molar-refractivity contribution in [2.75, 3.05) is 22.5 Å². The van der Waals surface area contributed by atoms with Crippen molar-refractivity contribution in [2.24, 2.45) is 5.92 Å². The zero-order valence-corrected chi connectivity index (χ0v) is 18.8. The SMILES string of the molecule is CC(C)CC(=O)Nc1cccc(CNC(=O)CCC(=O)N2CCSc3ccccc32)c1. The van der Waals surface area contributed by atoms with E-state index in [1.54, 1.807) is 16.7 Å². The van der Waals surface area contributed by atoms with Crippen molar-refractivity contribution < 1.29 is 14.4 Å². The van der Waals surface area contributed by atoms with Gasteiger partial charge in [0.15, 0.2) is 0 Å². The summed E-state index contributed by atoms with van der Waals surface area (Å²) in [5.41, 5.74) is 2.54. The Morgan fingerprint density at radius 3 is 2.65 bits per heavy atom. The fourth-order valence-corrected chi connectivity index (χ4v) is 4.41. The van der Waals surface area contributed by atoms with E-state index >= 15 is 0 Å². The number of hydrogen-bond donors (Lipinski definition) is 2. The van der Waals surface area contributed by atoms with Gasteiger partial charge in [-0.3, -0.25) is 14.4 Å². The van der Waals surface area contributed by atoms with E-state index in [0.29, 0.717) is 31.1 Å². The second-order valence-corrected chi connectivity index (χ2v) is 9.12. The molecular formula is C24H29N3O3S. The third kappa shape index (κ3) is 6.85. The maximum Gasteiger partial charge on any atom is 0.227 e. The van der Waals surface area contributed by atoms with Crippen molar-refractivity contribution in [2.45, 2.75) is 44.6 Å². The lowest BCUT2D eigenvalue weighted by atomic mass is 10.1. The minimum Gasteiger partial charge on any atom is -0.352 e. The Morgan fingerprint density at radius 1 is 1.03 bits per heavy atom. The fraction of sp³-hybridized carbons (Fsp3) is 0.375. The van der Waals surface area contributed by atoms with Gasteiger partial charge >= 0.3 is 0 Å². The number of benzene rings is 2. The van der Waals surface area contributed by atoms with Crippen LogP contribution in [0.15, 0.2) is 53.4 Å². The highest BCUT2D eigenvalue weighted by atomic mass is 32.2. The summed E-state index contributed by atoms with van der Waals surface area (Å²) in [6, 6.07) is 15.3. The normalized spacial score (nSPS) is 12.9. The molecule has 1 aliphatic rings. The second kappa shape index (κ2) is 11.0. The van der Waals surface area contributed by atoms with Gasteiger partial charge in [0, 0.05) is 48.7 Å². The molecule has 3 rings (SSSR count). The summed E-state index contributed by atoms with van der Waals surface area (Å²) in [7, 11) is 0. The molecule has 0 spiro atoms. The van der Waals surface area contributed by atoms with E-state index in [1.165, 1.54) is 0 Å². The third-order valence-electron chi connectivity index (χ3n) is 4.89. The van der Waals surface area contributed by atoms with Crippen LogP contribution in [0.1, 0.15) is 38.7 Å². The van der Waals surface area contributed by atoms with Crippen molar-refractivity contribution in [3.8, 4) is 0 Å². The van der Waals surface area contributed by atoms with Gasteiger partial charge in [-0.2, -0.15) is 0 Å². The maximum atomic E-state index is 12.7. The van der Waals surface area contributed by atoms with Gasteiger partial charge < -0.3 is 15.5 Å². The Hall–Kier alpha value is -2.80. The Morgan fingerprint density at radius 2 is 1.84 bits per heavy atom. The Balaban J connectivity index is 1.46. The van der Waals surface area contributed by atoms with Gasteiger partial charge in [0.05, 0.1) is 5.69 Å². The molecule has 164 valence electrons. The molecule has 0 atom stereocenters. The van der Waals surface area contributed by atoms with Gasteiger partial charge in [-0.25, -0.2) is 0 Å². The van der Waals surface area contributed by atoms with Crippen LogP contribution in [0.4, 0.5) is 11.4 Å². The summed E-state index contributed by atoms with van der Waals surface area (Å²) in [6.07, 6.45) is 0.792. The first-order chi connectivity index (χ1) is 14.9.